The molecule has 76 valence electrons. The van der Waals surface area contributed by atoms with Crippen LogP contribution >= 0.6 is 11.8 Å². The van der Waals surface area contributed by atoms with Crippen LogP contribution in [0.1, 0.15) is 19.8 Å². The van der Waals surface area contributed by atoms with Crippen LogP contribution in [0.25, 0.3) is 0 Å². The first kappa shape index (κ1) is 10.9. The summed E-state index contributed by atoms with van der Waals surface area (Å²) in [7, 11) is 0. The minimum atomic E-state index is -0.506. The molecule has 1 aliphatic rings. The number of aliphatic hydroxyl groups excluding tert-OH is 1. The monoisotopic (exact) mass is 204 g/mol. The lowest BCUT2D eigenvalue weighted by atomic mass is 9.98. The summed E-state index contributed by atoms with van der Waals surface area (Å²) in [5, 5.41) is 9.63. The highest BCUT2D eigenvalue weighted by Gasteiger charge is 2.29. The molecular formula is C9H16O3S. The molecule has 0 saturated carbocycles. The minimum Gasteiger partial charge on any atom is -0.466 e. The normalized spacial score (nSPS) is 29.4. The Morgan fingerprint density at radius 2 is 2.23 bits per heavy atom. The quantitative estimate of drug-likeness (QED) is 0.683. The summed E-state index contributed by atoms with van der Waals surface area (Å²) in [6, 6.07) is 0. The van der Waals surface area contributed by atoms with Crippen molar-refractivity contribution in [3.05, 3.63) is 0 Å². The maximum Gasteiger partial charge on any atom is 0.311 e. The molecule has 1 aliphatic heterocycles. The van der Waals surface area contributed by atoms with Crippen molar-refractivity contribution in [1.82, 2.24) is 0 Å². The third-order valence-electron chi connectivity index (χ3n) is 2.18. The van der Waals surface area contributed by atoms with E-state index in [0.717, 1.165) is 17.9 Å². The number of hydrogen-bond donors (Lipinski definition) is 1. The van der Waals surface area contributed by atoms with Gasteiger partial charge < -0.3 is 9.84 Å². The molecule has 0 amide bonds. The molecule has 4 heteroatoms. The predicted octanol–water partition coefficient (Wildman–Crippen LogP) is 1.05. The van der Waals surface area contributed by atoms with Gasteiger partial charge in [0.2, 0.25) is 0 Å². The van der Waals surface area contributed by atoms with Gasteiger partial charge in [-0.25, -0.2) is 0 Å². The van der Waals surface area contributed by atoms with Crippen molar-refractivity contribution in [2.45, 2.75) is 25.9 Å². The molecule has 1 fully saturated rings. The van der Waals surface area contributed by atoms with Crippen LogP contribution in [0.5, 0.6) is 0 Å². The number of rotatable bonds is 2. The third-order valence-corrected chi connectivity index (χ3v) is 3.23. The van der Waals surface area contributed by atoms with E-state index in [9.17, 15) is 9.90 Å². The van der Waals surface area contributed by atoms with Gasteiger partial charge in [-0.2, -0.15) is 11.8 Å². The highest BCUT2D eigenvalue weighted by atomic mass is 32.2. The number of carbonyl (C=O) groups excluding carboxylic acids is 1. The number of thioether (sulfide) groups is 1. The van der Waals surface area contributed by atoms with Gasteiger partial charge in [0, 0.05) is 0 Å². The van der Waals surface area contributed by atoms with E-state index in [-0.39, 0.29) is 11.9 Å². The fraction of sp³-hybridized carbons (Fsp3) is 0.889. The van der Waals surface area contributed by atoms with E-state index < -0.39 is 6.10 Å². The number of ether oxygens (including phenoxy) is 1. The molecule has 0 aliphatic carbocycles. The summed E-state index contributed by atoms with van der Waals surface area (Å²) in [5.74, 6) is 1.35. The standard InChI is InChI=1S/C9H16O3S/c1-2-12-9(11)7-3-5-13-6-4-8(7)10/h7-8,10H,2-6H2,1H3. The molecular weight excluding hydrogens is 188 g/mol. The smallest absolute Gasteiger partial charge is 0.311 e. The first-order chi connectivity index (χ1) is 6.25. The fourth-order valence-corrected chi connectivity index (χ4v) is 2.47. The van der Waals surface area contributed by atoms with Gasteiger partial charge in [0.15, 0.2) is 0 Å². The molecule has 0 aromatic heterocycles. The largest absolute Gasteiger partial charge is 0.466 e. The van der Waals surface area contributed by atoms with Crippen molar-refractivity contribution in [2.24, 2.45) is 5.92 Å². The van der Waals surface area contributed by atoms with Crippen molar-refractivity contribution >= 4 is 17.7 Å². The molecule has 2 atom stereocenters. The zero-order valence-electron chi connectivity index (χ0n) is 7.86. The molecule has 0 aromatic rings. The Labute approximate surface area is 82.8 Å². The summed E-state index contributed by atoms with van der Waals surface area (Å²) < 4.78 is 4.90. The second kappa shape index (κ2) is 5.50. The van der Waals surface area contributed by atoms with E-state index in [4.69, 9.17) is 4.74 Å². The van der Waals surface area contributed by atoms with E-state index in [2.05, 4.69) is 0 Å². The Morgan fingerprint density at radius 3 is 2.92 bits per heavy atom. The molecule has 1 rings (SSSR count). The fourth-order valence-electron chi connectivity index (χ4n) is 1.43. The van der Waals surface area contributed by atoms with E-state index in [1.54, 1.807) is 18.7 Å². The van der Waals surface area contributed by atoms with Gasteiger partial charge >= 0.3 is 5.97 Å². The predicted molar refractivity (Wildman–Crippen MR) is 52.7 cm³/mol. The van der Waals surface area contributed by atoms with Crippen LogP contribution in [0.3, 0.4) is 0 Å². The summed E-state index contributed by atoms with van der Waals surface area (Å²) in [4.78, 5) is 11.4. The molecule has 0 aromatic carbocycles. The lowest BCUT2D eigenvalue weighted by Gasteiger charge is -2.17. The van der Waals surface area contributed by atoms with Gasteiger partial charge in [0.25, 0.3) is 0 Å². The lowest BCUT2D eigenvalue weighted by molar-refractivity contribution is -0.152. The van der Waals surface area contributed by atoms with Gasteiger partial charge in [0.05, 0.1) is 18.6 Å². The van der Waals surface area contributed by atoms with Crippen LogP contribution in [0.4, 0.5) is 0 Å². The molecule has 1 saturated heterocycles. The Balaban J connectivity index is 2.48. The van der Waals surface area contributed by atoms with Gasteiger partial charge in [-0.05, 0) is 31.3 Å². The maximum atomic E-state index is 11.4. The number of hydrogen-bond acceptors (Lipinski definition) is 4. The summed E-state index contributed by atoms with van der Waals surface area (Å²) in [6.07, 6.45) is 0.938. The molecule has 1 N–H and O–H groups in total. The highest BCUT2D eigenvalue weighted by molar-refractivity contribution is 7.99. The van der Waals surface area contributed by atoms with E-state index in [1.165, 1.54) is 0 Å². The number of esters is 1. The molecule has 2 unspecified atom stereocenters. The topological polar surface area (TPSA) is 46.5 Å². The van der Waals surface area contributed by atoms with Crippen LogP contribution in [-0.2, 0) is 9.53 Å². The average Bonchev–Trinajstić information content (AvgIpc) is 2.30. The number of aliphatic hydroxyl groups is 1. The lowest BCUT2D eigenvalue weighted by Crippen LogP contribution is -2.29. The Kier molecular flexibility index (Phi) is 4.59. The van der Waals surface area contributed by atoms with Crippen LogP contribution in [-0.4, -0.2) is 35.3 Å². The van der Waals surface area contributed by atoms with Crippen molar-refractivity contribution in [1.29, 1.82) is 0 Å². The first-order valence-electron chi connectivity index (χ1n) is 4.68. The zero-order valence-corrected chi connectivity index (χ0v) is 8.68. The summed E-state index contributed by atoms with van der Waals surface area (Å²) in [6.45, 7) is 2.19. The molecule has 0 radical (unpaired) electrons. The van der Waals surface area contributed by atoms with Crippen molar-refractivity contribution in [3.63, 3.8) is 0 Å². The van der Waals surface area contributed by atoms with Crippen LogP contribution in [0.15, 0.2) is 0 Å². The van der Waals surface area contributed by atoms with Crippen LogP contribution < -0.4 is 0 Å². The molecule has 0 bridgehead atoms. The van der Waals surface area contributed by atoms with E-state index in [0.29, 0.717) is 13.0 Å². The molecule has 0 spiro atoms. The van der Waals surface area contributed by atoms with Crippen LogP contribution in [0, 0.1) is 5.92 Å². The Hall–Kier alpha value is -0.220. The van der Waals surface area contributed by atoms with Crippen molar-refractivity contribution in [2.75, 3.05) is 18.1 Å². The van der Waals surface area contributed by atoms with Gasteiger partial charge in [-0.15, -0.1) is 0 Å². The molecule has 13 heavy (non-hydrogen) atoms. The van der Waals surface area contributed by atoms with Gasteiger partial charge in [-0.1, -0.05) is 0 Å². The number of carbonyl (C=O) groups is 1. The average molecular weight is 204 g/mol. The Bertz CT molecular complexity index is 172. The third kappa shape index (κ3) is 3.19. The van der Waals surface area contributed by atoms with E-state index in [1.807, 2.05) is 0 Å². The SMILES string of the molecule is CCOC(=O)C1CCSCCC1O. The van der Waals surface area contributed by atoms with Crippen molar-refractivity contribution < 1.29 is 14.6 Å². The van der Waals surface area contributed by atoms with Crippen LogP contribution in [0.2, 0.25) is 0 Å². The molecule has 3 nitrogen and oxygen atoms in total. The van der Waals surface area contributed by atoms with Gasteiger partial charge in [-0.3, -0.25) is 4.79 Å². The van der Waals surface area contributed by atoms with Gasteiger partial charge in [0.1, 0.15) is 0 Å². The molecule has 1 heterocycles. The summed E-state index contributed by atoms with van der Waals surface area (Å²) in [5.41, 5.74) is 0. The minimum absolute atomic E-state index is 0.238. The maximum absolute atomic E-state index is 11.4. The van der Waals surface area contributed by atoms with Crippen molar-refractivity contribution in [3.8, 4) is 0 Å². The van der Waals surface area contributed by atoms with E-state index >= 15 is 0 Å². The summed E-state index contributed by atoms with van der Waals surface area (Å²) >= 11 is 1.79. The highest BCUT2D eigenvalue weighted by Crippen LogP contribution is 2.23. The zero-order chi connectivity index (χ0) is 9.68. The first-order valence-corrected chi connectivity index (χ1v) is 5.83. The second-order valence-electron chi connectivity index (χ2n) is 3.12. The second-order valence-corrected chi connectivity index (χ2v) is 4.34. The Morgan fingerprint density at radius 1 is 1.54 bits per heavy atom.